The van der Waals surface area contributed by atoms with E-state index in [1.165, 1.54) is 64.2 Å². The molecule has 3 unspecified atom stereocenters. The molecule has 0 N–H and O–H groups in total. The van der Waals surface area contributed by atoms with Gasteiger partial charge in [0, 0.05) is 0 Å². The van der Waals surface area contributed by atoms with Gasteiger partial charge in [0.25, 0.3) is 0 Å². The average Bonchev–Trinajstić information content (AvgIpc) is 2.32. The molecular formula is C18H38. The van der Waals surface area contributed by atoms with Gasteiger partial charge in [0.05, 0.1) is 0 Å². The van der Waals surface area contributed by atoms with E-state index in [9.17, 15) is 0 Å². The van der Waals surface area contributed by atoms with Crippen molar-refractivity contribution in [3.8, 4) is 0 Å². The number of hydrogen-bond donors (Lipinski definition) is 0. The van der Waals surface area contributed by atoms with Crippen molar-refractivity contribution in [3.05, 3.63) is 0 Å². The molecule has 0 amide bonds. The molecule has 0 aromatic heterocycles. The minimum absolute atomic E-state index is 0.936. The molecule has 110 valence electrons. The maximum absolute atomic E-state index is 2.46. The molecule has 0 saturated carbocycles. The lowest BCUT2D eigenvalue weighted by Crippen LogP contribution is -2.05. The first-order valence-corrected chi connectivity index (χ1v) is 8.60. The van der Waals surface area contributed by atoms with Gasteiger partial charge < -0.3 is 0 Å². The van der Waals surface area contributed by atoms with Crippen LogP contribution in [-0.2, 0) is 0 Å². The topological polar surface area (TPSA) is 0 Å². The van der Waals surface area contributed by atoms with Gasteiger partial charge in [0.1, 0.15) is 0 Å². The summed E-state index contributed by atoms with van der Waals surface area (Å²) in [5.41, 5.74) is 0. The molecule has 0 fully saturated rings. The van der Waals surface area contributed by atoms with Crippen LogP contribution in [0, 0.1) is 17.8 Å². The summed E-state index contributed by atoms with van der Waals surface area (Å²) in [6.45, 7) is 11.9. The normalized spacial score (nSPS) is 16.5. The highest BCUT2D eigenvalue weighted by atomic mass is 14.2. The molecule has 0 spiro atoms. The van der Waals surface area contributed by atoms with E-state index in [0.717, 1.165) is 17.8 Å². The van der Waals surface area contributed by atoms with Crippen molar-refractivity contribution in [1.82, 2.24) is 0 Å². The maximum atomic E-state index is 2.46. The highest BCUT2D eigenvalue weighted by Gasteiger charge is 2.10. The average molecular weight is 255 g/mol. The fourth-order valence-corrected chi connectivity index (χ4v) is 3.05. The van der Waals surface area contributed by atoms with E-state index in [1.807, 2.05) is 0 Å². The molecule has 0 bridgehead atoms. The van der Waals surface area contributed by atoms with Crippen LogP contribution in [0.15, 0.2) is 0 Å². The zero-order valence-corrected chi connectivity index (χ0v) is 13.8. The maximum Gasteiger partial charge on any atom is -0.0440 e. The summed E-state index contributed by atoms with van der Waals surface area (Å²) in [4.78, 5) is 0. The lowest BCUT2D eigenvalue weighted by molar-refractivity contribution is 0.336. The molecule has 3 atom stereocenters. The van der Waals surface area contributed by atoms with Gasteiger partial charge in [-0.2, -0.15) is 0 Å². The van der Waals surface area contributed by atoms with Gasteiger partial charge in [-0.25, -0.2) is 0 Å². The summed E-state index contributed by atoms with van der Waals surface area (Å²) in [5.74, 6) is 2.82. The summed E-state index contributed by atoms with van der Waals surface area (Å²) < 4.78 is 0. The molecule has 0 aliphatic carbocycles. The van der Waals surface area contributed by atoms with Crippen molar-refractivity contribution >= 4 is 0 Å². The molecule has 0 aromatic rings. The molecule has 0 heterocycles. The summed E-state index contributed by atoms with van der Waals surface area (Å²) in [5, 5.41) is 0. The molecule has 0 aliphatic rings. The van der Waals surface area contributed by atoms with Crippen LogP contribution in [0.5, 0.6) is 0 Å². The largest absolute Gasteiger partial charge is 0.0654 e. The molecule has 0 rings (SSSR count). The van der Waals surface area contributed by atoms with Crippen LogP contribution in [0.3, 0.4) is 0 Å². The first kappa shape index (κ1) is 18.0. The minimum Gasteiger partial charge on any atom is -0.0654 e. The Bertz CT molecular complexity index is 161. The molecule has 18 heavy (non-hydrogen) atoms. The highest BCUT2D eigenvalue weighted by Crippen LogP contribution is 2.24. The van der Waals surface area contributed by atoms with Crippen LogP contribution in [0.1, 0.15) is 98.8 Å². The quantitative estimate of drug-likeness (QED) is 0.335. The number of rotatable bonds is 12. The zero-order valence-electron chi connectivity index (χ0n) is 13.8. The van der Waals surface area contributed by atoms with E-state index in [2.05, 4.69) is 34.6 Å². The number of unbranched alkanes of at least 4 members (excludes halogenated alkanes) is 3. The van der Waals surface area contributed by atoms with E-state index in [1.54, 1.807) is 0 Å². The van der Waals surface area contributed by atoms with Gasteiger partial charge in [0.15, 0.2) is 0 Å². The summed E-state index contributed by atoms with van der Waals surface area (Å²) in [7, 11) is 0. The molecule has 0 radical (unpaired) electrons. The van der Waals surface area contributed by atoms with Crippen molar-refractivity contribution in [1.29, 1.82) is 0 Å². The van der Waals surface area contributed by atoms with E-state index in [4.69, 9.17) is 0 Å². The van der Waals surface area contributed by atoms with Crippen molar-refractivity contribution in [2.45, 2.75) is 98.8 Å². The summed E-state index contributed by atoms with van der Waals surface area (Å²) in [6, 6.07) is 0. The SMILES string of the molecule is CCCCCCC(C)CC(C)CCC(C)CCC. The molecule has 0 nitrogen and oxygen atoms in total. The predicted octanol–water partition coefficient (Wildman–Crippen LogP) is 6.84. The van der Waals surface area contributed by atoms with Gasteiger partial charge in [-0.3, -0.25) is 0 Å². The second-order valence-electron chi connectivity index (χ2n) is 6.77. The second kappa shape index (κ2) is 12.1. The lowest BCUT2D eigenvalue weighted by atomic mass is 9.87. The van der Waals surface area contributed by atoms with Crippen LogP contribution < -0.4 is 0 Å². The third kappa shape index (κ3) is 11.1. The van der Waals surface area contributed by atoms with Gasteiger partial charge in [0.2, 0.25) is 0 Å². The Morgan fingerprint density at radius 1 is 0.556 bits per heavy atom. The zero-order chi connectivity index (χ0) is 13.8. The first-order chi connectivity index (χ1) is 8.60. The Balaban J connectivity index is 3.51. The third-order valence-electron chi connectivity index (χ3n) is 4.29. The van der Waals surface area contributed by atoms with Crippen LogP contribution in [0.2, 0.25) is 0 Å². The van der Waals surface area contributed by atoms with E-state index < -0.39 is 0 Å². The molecular weight excluding hydrogens is 216 g/mol. The second-order valence-corrected chi connectivity index (χ2v) is 6.77. The van der Waals surface area contributed by atoms with Gasteiger partial charge in [-0.15, -0.1) is 0 Å². The van der Waals surface area contributed by atoms with Crippen molar-refractivity contribution in [2.75, 3.05) is 0 Å². The van der Waals surface area contributed by atoms with Gasteiger partial charge in [-0.1, -0.05) is 92.4 Å². The minimum atomic E-state index is 0.936. The van der Waals surface area contributed by atoms with Crippen LogP contribution in [-0.4, -0.2) is 0 Å². The summed E-state index contributed by atoms with van der Waals surface area (Å²) >= 11 is 0. The Morgan fingerprint density at radius 2 is 1.17 bits per heavy atom. The molecule has 0 heteroatoms. The summed E-state index contributed by atoms with van der Waals surface area (Å²) in [6.07, 6.45) is 14.2. The predicted molar refractivity (Wildman–Crippen MR) is 85.0 cm³/mol. The van der Waals surface area contributed by atoms with Crippen LogP contribution in [0.25, 0.3) is 0 Å². The fourth-order valence-electron chi connectivity index (χ4n) is 3.05. The first-order valence-electron chi connectivity index (χ1n) is 8.60. The Hall–Kier alpha value is 0. The van der Waals surface area contributed by atoms with E-state index in [0.29, 0.717) is 0 Å². The van der Waals surface area contributed by atoms with Gasteiger partial charge >= 0.3 is 0 Å². The smallest absolute Gasteiger partial charge is 0.0440 e. The molecule has 0 aliphatic heterocycles. The Labute approximate surface area is 117 Å². The Morgan fingerprint density at radius 3 is 1.78 bits per heavy atom. The van der Waals surface area contributed by atoms with E-state index >= 15 is 0 Å². The van der Waals surface area contributed by atoms with E-state index in [-0.39, 0.29) is 0 Å². The Kier molecular flexibility index (Phi) is 12.1. The third-order valence-corrected chi connectivity index (χ3v) is 4.29. The fraction of sp³-hybridized carbons (Fsp3) is 1.00. The standard InChI is InChI=1S/C18H38/c1-6-8-9-10-12-17(4)15-18(5)14-13-16(3)11-7-2/h16-18H,6-15H2,1-5H3. The van der Waals surface area contributed by atoms with Crippen LogP contribution >= 0.6 is 0 Å². The molecule has 0 aromatic carbocycles. The van der Waals surface area contributed by atoms with Crippen molar-refractivity contribution in [2.24, 2.45) is 17.8 Å². The van der Waals surface area contributed by atoms with Gasteiger partial charge in [-0.05, 0) is 24.2 Å². The monoisotopic (exact) mass is 254 g/mol. The van der Waals surface area contributed by atoms with Crippen LogP contribution in [0.4, 0.5) is 0 Å². The lowest BCUT2D eigenvalue weighted by Gasteiger charge is -2.19. The molecule has 0 saturated heterocycles. The van der Waals surface area contributed by atoms with Crippen molar-refractivity contribution < 1.29 is 0 Å². The van der Waals surface area contributed by atoms with Crippen molar-refractivity contribution in [3.63, 3.8) is 0 Å². The highest BCUT2D eigenvalue weighted by molar-refractivity contribution is 4.62. The number of hydrogen-bond acceptors (Lipinski definition) is 0.